The molecule has 1 aliphatic heterocycles. The van der Waals surface area contributed by atoms with Crippen LogP contribution < -0.4 is 5.32 Å². The summed E-state index contributed by atoms with van der Waals surface area (Å²) in [5, 5.41) is 3.92. The first kappa shape index (κ1) is 16.2. The van der Waals surface area contributed by atoms with E-state index in [-0.39, 0.29) is 24.1 Å². The van der Waals surface area contributed by atoms with Gasteiger partial charge >= 0.3 is 0 Å². The molecule has 0 spiro atoms. The molecular weight excluding hydrogens is 345 g/mol. The molecule has 112 valence electrons. The van der Waals surface area contributed by atoms with E-state index in [1.54, 1.807) is 6.07 Å². The van der Waals surface area contributed by atoms with Crippen LogP contribution in [0.2, 0.25) is 5.02 Å². The molecule has 0 amide bonds. The predicted molar refractivity (Wildman–Crippen MR) is 83.7 cm³/mol. The summed E-state index contributed by atoms with van der Waals surface area (Å²) in [6.45, 7) is 4.97. The molecule has 1 aromatic rings. The van der Waals surface area contributed by atoms with Crippen LogP contribution in [0.4, 0.5) is 4.39 Å². The lowest BCUT2D eigenvalue weighted by Gasteiger charge is -2.26. The SMILES string of the molecule is CCCNC(c1cc(Cl)c(Br)cc1F)C1CCC(C)O1. The lowest BCUT2D eigenvalue weighted by Crippen LogP contribution is -2.33. The molecule has 0 aliphatic carbocycles. The Balaban J connectivity index is 2.28. The zero-order chi connectivity index (χ0) is 14.7. The summed E-state index contributed by atoms with van der Waals surface area (Å²) >= 11 is 9.37. The van der Waals surface area contributed by atoms with E-state index in [9.17, 15) is 4.39 Å². The van der Waals surface area contributed by atoms with Crippen LogP contribution in [0.1, 0.15) is 44.7 Å². The smallest absolute Gasteiger partial charge is 0.129 e. The Morgan fingerprint density at radius 2 is 2.25 bits per heavy atom. The highest BCUT2D eigenvalue weighted by molar-refractivity contribution is 9.10. The van der Waals surface area contributed by atoms with Gasteiger partial charge in [0.15, 0.2) is 0 Å². The molecule has 1 heterocycles. The van der Waals surface area contributed by atoms with Crippen molar-refractivity contribution in [1.29, 1.82) is 0 Å². The van der Waals surface area contributed by atoms with E-state index >= 15 is 0 Å². The van der Waals surface area contributed by atoms with Crippen LogP contribution >= 0.6 is 27.5 Å². The molecule has 20 heavy (non-hydrogen) atoms. The van der Waals surface area contributed by atoms with Crippen LogP contribution in [0.15, 0.2) is 16.6 Å². The lowest BCUT2D eigenvalue weighted by molar-refractivity contribution is 0.0308. The molecule has 2 rings (SSSR count). The zero-order valence-corrected chi connectivity index (χ0v) is 14.1. The van der Waals surface area contributed by atoms with Crippen molar-refractivity contribution in [1.82, 2.24) is 5.32 Å². The van der Waals surface area contributed by atoms with Gasteiger partial charge in [-0.25, -0.2) is 4.39 Å². The summed E-state index contributed by atoms with van der Waals surface area (Å²) in [6.07, 6.45) is 3.18. The highest BCUT2D eigenvalue weighted by atomic mass is 79.9. The maximum atomic E-state index is 14.3. The second kappa shape index (κ2) is 7.21. The zero-order valence-electron chi connectivity index (χ0n) is 11.8. The van der Waals surface area contributed by atoms with Gasteiger partial charge in [0.05, 0.1) is 23.3 Å². The quantitative estimate of drug-likeness (QED) is 0.754. The molecule has 5 heteroatoms. The molecular formula is C15H20BrClFNO. The van der Waals surface area contributed by atoms with Gasteiger partial charge < -0.3 is 10.1 Å². The molecule has 0 saturated carbocycles. The summed E-state index contributed by atoms with van der Waals surface area (Å²) in [4.78, 5) is 0. The van der Waals surface area contributed by atoms with Crippen molar-refractivity contribution in [3.05, 3.63) is 33.0 Å². The van der Waals surface area contributed by atoms with Crippen LogP contribution in [-0.4, -0.2) is 18.8 Å². The molecule has 1 N–H and O–H groups in total. The standard InChI is InChI=1S/C15H20BrClFNO/c1-3-6-19-15(14-5-4-9(2)20-14)10-7-12(17)11(16)8-13(10)18/h7-9,14-15,19H,3-6H2,1-2H3. The molecule has 1 aliphatic rings. The van der Waals surface area contributed by atoms with Crippen molar-refractivity contribution in [2.75, 3.05) is 6.54 Å². The van der Waals surface area contributed by atoms with E-state index in [0.29, 0.717) is 15.1 Å². The van der Waals surface area contributed by atoms with Crippen LogP contribution in [-0.2, 0) is 4.74 Å². The Morgan fingerprint density at radius 3 is 2.85 bits per heavy atom. The fourth-order valence-corrected chi connectivity index (χ4v) is 3.08. The van der Waals surface area contributed by atoms with Crippen molar-refractivity contribution in [3.63, 3.8) is 0 Å². The Morgan fingerprint density at radius 1 is 1.50 bits per heavy atom. The second-order valence-electron chi connectivity index (χ2n) is 5.28. The molecule has 0 bridgehead atoms. The van der Waals surface area contributed by atoms with Gasteiger partial charge in [-0.05, 0) is 60.8 Å². The van der Waals surface area contributed by atoms with Gasteiger partial charge in [0.25, 0.3) is 0 Å². The second-order valence-corrected chi connectivity index (χ2v) is 6.54. The van der Waals surface area contributed by atoms with Crippen LogP contribution in [0, 0.1) is 5.82 Å². The van der Waals surface area contributed by atoms with Gasteiger partial charge in [-0.2, -0.15) is 0 Å². The Kier molecular flexibility index (Phi) is 5.84. The minimum Gasteiger partial charge on any atom is -0.373 e. The average molecular weight is 365 g/mol. The minimum absolute atomic E-state index is 0.00305. The van der Waals surface area contributed by atoms with E-state index in [2.05, 4.69) is 35.1 Å². The van der Waals surface area contributed by atoms with Gasteiger partial charge in [0, 0.05) is 10.0 Å². The topological polar surface area (TPSA) is 21.3 Å². The van der Waals surface area contributed by atoms with Crippen molar-refractivity contribution in [2.24, 2.45) is 0 Å². The largest absolute Gasteiger partial charge is 0.373 e. The van der Waals surface area contributed by atoms with Crippen molar-refractivity contribution in [3.8, 4) is 0 Å². The van der Waals surface area contributed by atoms with E-state index in [1.807, 2.05) is 0 Å². The number of halogens is 3. The van der Waals surface area contributed by atoms with Crippen LogP contribution in [0.3, 0.4) is 0 Å². The monoisotopic (exact) mass is 363 g/mol. The van der Waals surface area contributed by atoms with Crippen molar-refractivity contribution >= 4 is 27.5 Å². The maximum absolute atomic E-state index is 14.3. The Hall–Kier alpha value is -0.160. The van der Waals surface area contributed by atoms with Crippen LogP contribution in [0.5, 0.6) is 0 Å². The molecule has 3 unspecified atom stereocenters. The molecule has 1 fully saturated rings. The lowest BCUT2D eigenvalue weighted by atomic mass is 9.98. The summed E-state index contributed by atoms with van der Waals surface area (Å²) in [5.74, 6) is -0.252. The third kappa shape index (κ3) is 3.73. The fourth-order valence-electron chi connectivity index (χ4n) is 2.60. The van der Waals surface area contributed by atoms with E-state index in [1.165, 1.54) is 6.07 Å². The Labute approximate surface area is 133 Å². The van der Waals surface area contributed by atoms with Crippen LogP contribution in [0.25, 0.3) is 0 Å². The molecule has 1 aromatic carbocycles. The molecule has 0 radical (unpaired) electrons. The summed E-state index contributed by atoms with van der Waals surface area (Å²) < 4.78 is 20.8. The molecule has 1 saturated heterocycles. The maximum Gasteiger partial charge on any atom is 0.129 e. The van der Waals surface area contributed by atoms with Crippen molar-refractivity contribution in [2.45, 2.75) is 51.4 Å². The highest BCUT2D eigenvalue weighted by Gasteiger charge is 2.32. The van der Waals surface area contributed by atoms with E-state index in [0.717, 1.165) is 25.8 Å². The van der Waals surface area contributed by atoms with E-state index < -0.39 is 0 Å². The third-order valence-electron chi connectivity index (χ3n) is 3.63. The van der Waals surface area contributed by atoms with E-state index in [4.69, 9.17) is 16.3 Å². The first-order valence-corrected chi connectivity index (χ1v) is 8.23. The highest BCUT2D eigenvalue weighted by Crippen LogP contribution is 2.34. The first-order chi connectivity index (χ1) is 9.52. The Bertz CT molecular complexity index is 471. The number of rotatable bonds is 5. The number of benzene rings is 1. The molecule has 0 aromatic heterocycles. The number of hydrogen-bond acceptors (Lipinski definition) is 2. The summed E-state index contributed by atoms with van der Waals surface area (Å²) in [5.41, 5.74) is 0.589. The first-order valence-electron chi connectivity index (χ1n) is 7.06. The number of ether oxygens (including phenoxy) is 1. The third-order valence-corrected chi connectivity index (χ3v) is 4.82. The molecule has 3 atom stereocenters. The average Bonchev–Trinajstić information content (AvgIpc) is 2.82. The summed E-state index contributed by atoms with van der Waals surface area (Å²) in [7, 11) is 0. The minimum atomic E-state index is -0.252. The van der Waals surface area contributed by atoms with Gasteiger partial charge in [0.1, 0.15) is 5.82 Å². The van der Waals surface area contributed by atoms with Gasteiger partial charge in [-0.3, -0.25) is 0 Å². The molecule has 2 nitrogen and oxygen atoms in total. The fraction of sp³-hybridized carbons (Fsp3) is 0.600. The van der Waals surface area contributed by atoms with Gasteiger partial charge in [-0.15, -0.1) is 0 Å². The number of hydrogen-bond donors (Lipinski definition) is 1. The number of nitrogens with one attached hydrogen (secondary N) is 1. The van der Waals surface area contributed by atoms with Crippen molar-refractivity contribution < 1.29 is 9.13 Å². The van der Waals surface area contributed by atoms with Gasteiger partial charge in [-0.1, -0.05) is 18.5 Å². The normalized spacial score (nSPS) is 24.1. The summed E-state index contributed by atoms with van der Waals surface area (Å²) in [6, 6.07) is 2.97. The predicted octanol–water partition coefficient (Wildman–Crippen LogP) is 4.85. The van der Waals surface area contributed by atoms with Gasteiger partial charge in [0.2, 0.25) is 0 Å².